The zero-order chi connectivity index (χ0) is 28.4. The zero-order valence-corrected chi connectivity index (χ0v) is 31.1. The first-order valence-electron chi connectivity index (χ1n) is 15.6. The van der Waals surface area contributed by atoms with Crippen molar-refractivity contribution < 1.29 is 22.7 Å². The summed E-state index contributed by atoms with van der Waals surface area (Å²) in [4.78, 5) is 13.9. The summed E-state index contributed by atoms with van der Waals surface area (Å²) in [5.74, 6) is -0.570. The van der Waals surface area contributed by atoms with E-state index in [1.165, 1.54) is 0 Å². The first-order chi connectivity index (χ1) is 17.6. The van der Waals surface area contributed by atoms with Crippen molar-refractivity contribution in [3.05, 3.63) is 7.18 Å². The number of esters is 1. The predicted octanol–water partition coefficient (Wildman–Crippen LogP) is 11.2. The second-order valence-corrected chi connectivity index (χ2v) is 37.2. The van der Waals surface area contributed by atoms with Crippen LogP contribution in [0, 0.1) is 0 Å². The van der Waals surface area contributed by atoms with Crippen LogP contribution >= 0.6 is 0 Å². The van der Waals surface area contributed by atoms with Gasteiger partial charge in [-0.25, -0.2) is 0 Å². The summed E-state index contributed by atoms with van der Waals surface area (Å²) in [6.07, 6.45) is 6.52. The molecule has 0 unspecified atom stereocenters. The number of allylic oxidation sites excluding steroid dienone is 1. The second-order valence-electron chi connectivity index (χ2n) is 11.2. The topological polar surface area (TPSA) is 26.3 Å². The molecule has 0 aromatic heterocycles. The first kappa shape index (κ1) is 37.6. The van der Waals surface area contributed by atoms with E-state index in [1.54, 1.807) is 6.92 Å². The van der Waals surface area contributed by atoms with Gasteiger partial charge in [-0.05, 0) is 0 Å². The maximum atomic E-state index is 15.7. The van der Waals surface area contributed by atoms with Crippen molar-refractivity contribution in [3.8, 4) is 0 Å². The molecular weight excluding hydrogens is 687 g/mol. The third-order valence-corrected chi connectivity index (χ3v) is 41.5. The van der Waals surface area contributed by atoms with Crippen molar-refractivity contribution in [1.82, 2.24) is 0 Å². The monoisotopic (exact) mass is 748 g/mol. The van der Waals surface area contributed by atoms with E-state index in [4.69, 9.17) is 4.74 Å². The van der Waals surface area contributed by atoms with Gasteiger partial charge in [-0.2, -0.15) is 0 Å². The Balaban J connectivity index is 7.83. The van der Waals surface area contributed by atoms with Crippen molar-refractivity contribution in [2.45, 2.75) is 158 Å². The Morgan fingerprint density at radius 2 is 0.865 bits per heavy atom. The Bertz CT molecular complexity index is 604. The molecule has 0 amide bonds. The van der Waals surface area contributed by atoms with Crippen LogP contribution in [0.3, 0.4) is 0 Å². The molecule has 37 heavy (non-hydrogen) atoms. The summed E-state index contributed by atoms with van der Waals surface area (Å²) in [6, 6.07) is 0. The third kappa shape index (κ3) is 12.3. The van der Waals surface area contributed by atoms with E-state index >= 15 is 13.2 Å². The number of unbranched alkanes of at least 4 members (excludes halogenated alkanes) is 6. The van der Waals surface area contributed by atoms with Gasteiger partial charge in [-0.15, -0.1) is 0 Å². The van der Waals surface area contributed by atoms with E-state index in [9.17, 15) is 4.79 Å². The molecule has 0 atom stereocenters. The van der Waals surface area contributed by atoms with Crippen LogP contribution in [0.25, 0.3) is 0 Å². The normalized spacial score (nSPS) is 13.6. The molecule has 0 aliphatic rings. The minimum atomic E-state index is -4.43. The van der Waals surface area contributed by atoms with Crippen LogP contribution in [-0.2, 0) is 9.53 Å². The Labute approximate surface area is 236 Å². The summed E-state index contributed by atoms with van der Waals surface area (Å²) in [7, 11) is 0. The Morgan fingerprint density at radius 1 is 0.568 bits per heavy atom. The van der Waals surface area contributed by atoms with Gasteiger partial charge in [0.1, 0.15) is 0 Å². The Hall–Kier alpha value is 0.597. The molecular formula is C30H59F3O2Sn2. The molecule has 0 aliphatic carbocycles. The van der Waals surface area contributed by atoms with Gasteiger partial charge in [0.15, 0.2) is 0 Å². The Kier molecular flexibility index (Phi) is 20.8. The molecule has 0 heterocycles. The van der Waals surface area contributed by atoms with Gasteiger partial charge < -0.3 is 0 Å². The van der Waals surface area contributed by atoms with E-state index in [-0.39, 0.29) is 10.2 Å². The predicted molar refractivity (Wildman–Crippen MR) is 160 cm³/mol. The van der Waals surface area contributed by atoms with Crippen LogP contribution < -0.4 is 0 Å². The fourth-order valence-electron chi connectivity index (χ4n) is 6.09. The Morgan fingerprint density at radius 3 is 1.11 bits per heavy atom. The molecule has 0 saturated carbocycles. The van der Waals surface area contributed by atoms with Gasteiger partial charge in [0.05, 0.1) is 0 Å². The van der Waals surface area contributed by atoms with Crippen LogP contribution in [0.1, 0.15) is 126 Å². The van der Waals surface area contributed by atoms with E-state index in [1.807, 2.05) is 0 Å². The summed E-state index contributed by atoms with van der Waals surface area (Å²) >= 11 is -7.81. The molecule has 0 aromatic rings. The van der Waals surface area contributed by atoms with Gasteiger partial charge >= 0.3 is 238 Å². The molecule has 0 rings (SSSR count). The van der Waals surface area contributed by atoms with Crippen molar-refractivity contribution in [1.29, 1.82) is 0 Å². The van der Waals surface area contributed by atoms with Crippen LogP contribution in [0.5, 0.6) is 0 Å². The molecule has 0 aromatic carbocycles. The van der Waals surface area contributed by atoms with Gasteiger partial charge in [0.2, 0.25) is 0 Å². The number of carbonyl (C=O) groups is 1. The third-order valence-electron chi connectivity index (χ3n) is 8.13. The van der Waals surface area contributed by atoms with Gasteiger partial charge in [-0.3, -0.25) is 0 Å². The van der Waals surface area contributed by atoms with Crippen LogP contribution in [0.2, 0.25) is 26.6 Å². The number of alkyl halides is 3. The van der Waals surface area contributed by atoms with Gasteiger partial charge in [0, 0.05) is 0 Å². The fourth-order valence-corrected chi connectivity index (χ4v) is 49.3. The number of hydrogen-bond acceptors (Lipinski definition) is 2. The molecule has 0 fully saturated rings. The fraction of sp³-hybridized carbons (Fsp3) is 0.900. The molecule has 0 bridgehead atoms. The molecule has 0 spiro atoms. The standard InChI is InChI=1S/C6H5F3O2.6C4H9.2Sn/c1-2-11-5(10)3-4-6(7,8)9;6*1-3-4-2;;/h2H2,1H3;6*1,3-4H2,2H3;;. The molecule has 2 nitrogen and oxygen atoms in total. The number of carbonyl (C=O) groups excluding carboxylic acids is 1. The first-order valence-corrected chi connectivity index (χ1v) is 30.5. The van der Waals surface area contributed by atoms with E-state index in [2.05, 4.69) is 41.5 Å². The van der Waals surface area contributed by atoms with Gasteiger partial charge in [-0.1, -0.05) is 0 Å². The summed E-state index contributed by atoms with van der Waals surface area (Å²) in [5.41, 5.74) is 0. The molecule has 0 aliphatic heterocycles. The number of ether oxygens (including phenoxy) is 1. The molecule has 220 valence electrons. The summed E-state index contributed by atoms with van der Waals surface area (Å²) in [5, 5.41) is 0. The van der Waals surface area contributed by atoms with Crippen LogP contribution in [-0.4, -0.2) is 55.5 Å². The van der Waals surface area contributed by atoms with E-state index in [0.717, 1.165) is 104 Å². The zero-order valence-electron chi connectivity index (χ0n) is 25.4. The van der Waals surface area contributed by atoms with Gasteiger partial charge in [0.25, 0.3) is 0 Å². The number of halogens is 3. The van der Waals surface area contributed by atoms with Crippen LogP contribution in [0.4, 0.5) is 13.2 Å². The summed E-state index contributed by atoms with van der Waals surface area (Å²) in [6.45, 7) is 14.5. The van der Waals surface area contributed by atoms with Crippen molar-refractivity contribution in [2.24, 2.45) is 0 Å². The molecule has 0 saturated heterocycles. The van der Waals surface area contributed by atoms with Crippen LogP contribution in [0.15, 0.2) is 7.18 Å². The SMILES string of the molecule is CCC[CH2][Sn]([CH2]CCC)([CH2]CCC)/[C](C(=O)OCC)=[C](\C(F)(F)F)[Sn]([CH2]CCC)([CH2]CCC)[CH2]CCC. The maximum absolute atomic E-state index is 15.7. The minimum absolute atomic E-state index is 0.145. The van der Waals surface area contributed by atoms with E-state index in [0.29, 0.717) is 3.59 Å². The van der Waals surface area contributed by atoms with E-state index < -0.39 is 48.9 Å². The quantitative estimate of drug-likeness (QED) is 0.0627. The summed E-state index contributed by atoms with van der Waals surface area (Å²) < 4.78 is 57.4. The average molecular weight is 746 g/mol. The number of rotatable bonds is 22. The average Bonchev–Trinajstić information content (AvgIpc) is 2.86. The van der Waals surface area contributed by atoms with Crippen molar-refractivity contribution in [3.63, 3.8) is 0 Å². The molecule has 7 heteroatoms. The van der Waals surface area contributed by atoms with Crippen molar-refractivity contribution in [2.75, 3.05) is 6.61 Å². The van der Waals surface area contributed by atoms with Crippen molar-refractivity contribution >= 4 is 42.7 Å². The molecule has 0 radical (unpaired) electrons. The number of hydrogen-bond donors (Lipinski definition) is 0. The second kappa shape index (κ2) is 20.5. The molecule has 0 N–H and O–H groups in total.